The van der Waals surface area contributed by atoms with Gasteiger partial charge in [0.15, 0.2) is 5.78 Å². The molecule has 2 rings (SSSR count). The summed E-state index contributed by atoms with van der Waals surface area (Å²) in [4.78, 5) is 32.9. The van der Waals surface area contributed by atoms with Gasteiger partial charge in [0.2, 0.25) is 5.72 Å². The molecule has 4 atom stereocenters. The first-order valence-corrected chi connectivity index (χ1v) is 10.1. The van der Waals surface area contributed by atoms with Gasteiger partial charge in [-0.2, -0.15) is 22.5 Å². The largest absolute Gasteiger partial charge is 0.332 e. The molecule has 144 valence electrons. The molecule has 0 aromatic heterocycles. The summed E-state index contributed by atoms with van der Waals surface area (Å²) < 4.78 is 0. The molecule has 0 bridgehead atoms. The predicted octanol–water partition coefficient (Wildman–Crippen LogP) is 1.34. The number of Topliss-reactive ketones (excluding diaryl/α,β-unsaturated/α-hetero) is 1. The number of rotatable bonds is 12. The normalized spacial score (nSPS) is 27.5. The van der Waals surface area contributed by atoms with E-state index in [0.717, 1.165) is 44.3 Å². The van der Waals surface area contributed by atoms with E-state index in [4.69, 9.17) is 16.5 Å². The monoisotopic (exact) mass is 374 g/mol. The van der Waals surface area contributed by atoms with Crippen molar-refractivity contribution in [2.75, 3.05) is 5.75 Å². The van der Waals surface area contributed by atoms with Gasteiger partial charge in [0.25, 0.3) is 0 Å². The van der Waals surface area contributed by atoms with E-state index in [9.17, 15) is 9.59 Å². The second kappa shape index (κ2) is 9.72. The quantitative estimate of drug-likeness (QED) is 0.133. The van der Waals surface area contributed by atoms with Crippen LogP contribution in [0.4, 0.5) is 4.79 Å². The fourth-order valence-corrected chi connectivity index (χ4v) is 4.98. The van der Waals surface area contributed by atoms with Gasteiger partial charge in [-0.15, -0.1) is 4.99 Å². The molecule has 0 spiro atoms. The van der Waals surface area contributed by atoms with Crippen molar-refractivity contribution in [2.45, 2.75) is 81.3 Å². The van der Waals surface area contributed by atoms with E-state index in [2.05, 4.69) is 22.5 Å². The van der Waals surface area contributed by atoms with E-state index in [-0.39, 0.29) is 23.9 Å². The van der Waals surface area contributed by atoms with Crippen LogP contribution in [0.15, 0.2) is 0 Å². The highest BCUT2D eigenvalue weighted by Crippen LogP contribution is 2.33. The van der Waals surface area contributed by atoms with E-state index in [0.29, 0.717) is 18.1 Å². The van der Waals surface area contributed by atoms with Crippen molar-refractivity contribution in [1.29, 1.82) is 0 Å². The fraction of sp³-hybridized carbons (Fsp3) is 0.875. The Morgan fingerprint density at radius 1 is 1.32 bits per heavy atom. The van der Waals surface area contributed by atoms with Crippen LogP contribution in [-0.2, 0) is 14.7 Å². The molecular weight excluding hydrogens is 344 g/mol. The number of nitrogens with two attached hydrogens (primary N) is 2. The molecule has 2 amide bonds. The van der Waals surface area contributed by atoms with Crippen molar-refractivity contribution in [3.8, 4) is 0 Å². The second-order valence-electron chi connectivity index (χ2n) is 6.82. The SMILES string of the molecule is CCCCCC(N)(OON)C(=O)CCCC[C@@H]1SC[C@@H]2NC(=O)N[C@@H]21. The summed E-state index contributed by atoms with van der Waals surface area (Å²) in [5.74, 6) is 5.72. The Kier molecular flexibility index (Phi) is 7.95. The van der Waals surface area contributed by atoms with Gasteiger partial charge in [-0.05, 0) is 19.3 Å². The Labute approximate surface area is 153 Å². The molecule has 0 saturated carbocycles. The smallest absolute Gasteiger partial charge is 0.315 e. The topological polar surface area (TPSA) is 129 Å². The van der Waals surface area contributed by atoms with Gasteiger partial charge >= 0.3 is 6.03 Å². The lowest BCUT2D eigenvalue weighted by Crippen LogP contribution is -2.51. The van der Waals surface area contributed by atoms with Gasteiger partial charge in [-0.1, -0.05) is 26.2 Å². The number of thioether (sulfide) groups is 1. The molecule has 6 N–H and O–H groups in total. The van der Waals surface area contributed by atoms with Crippen molar-refractivity contribution >= 4 is 23.6 Å². The van der Waals surface area contributed by atoms with Crippen LogP contribution in [0.3, 0.4) is 0 Å². The Morgan fingerprint density at radius 2 is 2.12 bits per heavy atom. The molecule has 2 saturated heterocycles. The maximum atomic E-state index is 12.4. The van der Waals surface area contributed by atoms with Crippen molar-refractivity contribution in [3.05, 3.63) is 0 Å². The third-order valence-electron chi connectivity index (χ3n) is 4.90. The van der Waals surface area contributed by atoms with Crippen molar-refractivity contribution in [1.82, 2.24) is 10.6 Å². The summed E-state index contributed by atoms with van der Waals surface area (Å²) in [5, 5.41) is 6.30. The third kappa shape index (κ3) is 5.55. The lowest BCUT2D eigenvalue weighted by molar-refractivity contribution is -0.355. The number of hydrogen-bond donors (Lipinski definition) is 4. The maximum absolute atomic E-state index is 12.4. The zero-order valence-electron chi connectivity index (χ0n) is 14.8. The molecule has 0 aromatic carbocycles. The molecule has 0 radical (unpaired) electrons. The molecule has 2 heterocycles. The number of carbonyl (C=O) groups excluding carboxylic acids is 2. The number of amides is 2. The molecule has 2 aliphatic rings. The average Bonchev–Trinajstić information content (AvgIpc) is 3.11. The van der Waals surface area contributed by atoms with Crippen LogP contribution in [0, 0.1) is 0 Å². The van der Waals surface area contributed by atoms with Crippen molar-refractivity contribution in [2.24, 2.45) is 11.6 Å². The van der Waals surface area contributed by atoms with Crippen molar-refractivity contribution < 1.29 is 19.5 Å². The van der Waals surface area contributed by atoms with Crippen LogP contribution in [0.25, 0.3) is 0 Å². The predicted molar refractivity (Wildman–Crippen MR) is 96.4 cm³/mol. The molecule has 0 aromatic rings. The highest BCUT2D eigenvalue weighted by Gasteiger charge is 2.42. The Bertz CT molecular complexity index is 467. The van der Waals surface area contributed by atoms with E-state index >= 15 is 0 Å². The van der Waals surface area contributed by atoms with Gasteiger partial charge in [-0.25, -0.2) is 4.79 Å². The van der Waals surface area contributed by atoms with Crippen LogP contribution in [0.5, 0.6) is 0 Å². The zero-order chi connectivity index (χ0) is 18.3. The van der Waals surface area contributed by atoms with Gasteiger partial charge in [0.05, 0.1) is 12.1 Å². The summed E-state index contributed by atoms with van der Waals surface area (Å²) in [5.41, 5.74) is 4.59. The Morgan fingerprint density at radius 3 is 2.84 bits per heavy atom. The number of carbonyl (C=O) groups is 2. The number of fused-ring (bicyclic) bond motifs is 1. The van der Waals surface area contributed by atoms with Crippen LogP contribution in [0.1, 0.15) is 58.3 Å². The molecular formula is C16H30N4O4S. The number of urea groups is 1. The van der Waals surface area contributed by atoms with Crippen LogP contribution in [-0.4, -0.2) is 40.6 Å². The van der Waals surface area contributed by atoms with E-state index in [1.54, 1.807) is 0 Å². The second-order valence-corrected chi connectivity index (χ2v) is 8.09. The fourth-order valence-electron chi connectivity index (χ4n) is 3.44. The Balaban J connectivity index is 1.70. The maximum Gasteiger partial charge on any atom is 0.315 e. The summed E-state index contributed by atoms with van der Waals surface area (Å²) >= 11 is 1.87. The molecule has 1 unspecified atom stereocenters. The first-order chi connectivity index (χ1) is 12.0. The number of hydrogen-bond acceptors (Lipinski definition) is 7. The van der Waals surface area contributed by atoms with Crippen LogP contribution < -0.4 is 22.3 Å². The number of ketones is 1. The van der Waals surface area contributed by atoms with E-state index in [1.165, 1.54) is 0 Å². The molecule has 25 heavy (non-hydrogen) atoms. The average molecular weight is 375 g/mol. The van der Waals surface area contributed by atoms with Crippen molar-refractivity contribution in [3.63, 3.8) is 0 Å². The molecule has 2 aliphatic heterocycles. The Hall–Kier alpha value is -0.870. The molecule has 0 aliphatic carbocycles. The van der Waals surface area contributed by atoms with Gasteiger partial charge in [0, 0.05) is 23.8 Å². The first kappa shape index (κ1) is 20.4. The van der Waals surface area contributed by atoms with Gasteiger partial charge in [0.1, 0.15) is 0 Å². The lowest BCUT2D eigenvalue weighted by Gasteiger charge is -2.25. The summed E-state index contributed by atoms with van der Waals surface area (Å²) in [6, 6.07) is 0.355. The molecule has 2 fully saturated rings. The third-order valence-corrected chi connectivity index (χ3v) is 6.41. The minimum absolute atomic E-state index is 0.0746. The van der Waals surface area contributed by atoms with E-state index in [1.807, 2.05) is 11.8 Å². The minimum atomic E-state index is -1.46. The first-order valence-electron chi connectivity index (χ1n) is 9.05. The lowest BCUT2D eigenvalue weighted by atomic mass is 9.96. The van der Waals surface area contributed by atoms with Crippen LogP contribution >= 0.6 is 11.8 Å². The summed E-state index contributed by atoms with van der Waals surface area (Å²) in [6.45, 7) is 2.08. The molecule has 9 heteroatoms. The van der Waals surface area contributed by atoms with Crippen LogP contribution in [0.2, 0.25) is 0 Å². The number of nitrogens with one attached hydrogen (secondary N) is 2. The summed E-state index contributed by atoms with van der Waals surface area (Å²) in [6.07, 6.45) is 6.12. The van der Waals surface area contributed by atoms with Gasteiger partial charge < -0.3 is 10.6 Å². The highest BCUT2D eigenvalue weighted by atomic mass is 32.2. The van der Waals surface area contributed by atoms with Gasteiger partial charge in [-0.3, -0.25) is 10.5 Å². The van der Waals surface area contributed by atoms with E-state index < -0.39 is 5.72 Å². The summed E-state index contributed by atoms with van der Waals surface area (Å²) in [7, 11) is 0. The zero-order valence-corrected chi connectivity index (χ0v) is 15.6. The highest BCUT2D eigenvalue weighted by molar-refractivity contribution is 8.00. The standard InChI is InChI=1S/C16H30N4O4S/c1-2-3-6-9-16(17,23-24-18)13(21)8-5-4-7-12-14-11(10-25-12)19-15(22)20-14/h11-12,14H,2-10,17-18H2,1H3,(H2,19,20,22)/t11-,12-,14-,16?/m0/s1. The molecule has 8 nitrogen and oxygen atoms in total. The number of unbranched alkanes of at least 4 members (excludes halogenated alkanes) is 3. The minimum Gasteiger partial charge on any atom is -0.332 e.